The number of likely N-dealkylation sites (N-methyl/N-ethyl adjacent to an activating group) is 1. The third kappa shape index (κ3) is 7.36. The van der Waals surface area contributed by atoms with Gasteiger partial charge in [0.05, 0.1) is 24.0 Å². The molecule has 3 unspecified atom stereocenters. The summed E-state index contributed by atoms with van der Waals surface area (Å²) in [6, 6.07) is 4.50. The van der Waals surface area contributed by atoms with Crippen molar-refractivity contribution in [1.29, 1.82) is 0 Å². The second-order valence-corrected chi connectivity index (χ2v) is 12.9. The number of aliphatic hydroxyl groups is 1. The van der Waals surface area contributed by atoms with Crippen LogP contribution in [0.3, 0.4) is 0 Å². The minimum Gasteiger partial charge on any atom is -0.391 e. The molecule has 0 bridgehead atoms. The fraction of sp³-hybridized carbons (Fsp3) is 0.519. The number of nitrogens with one attached hydrogen (secondary N) is 2. The Bertz CT molecular complexity index is 1610. The molecule has 2 aromatic heterocycles. The monoisotopic (exact) mass is 614 g/mol. The standard InChI is InChI=1S/C27H34F4N6O4S/c1-15(2)37-24-17(14-32-26(34-24)33-18-6-8-23(38)22(13-18)36(3)4)11-19(25(37)39)16-5-7-21(20(28)12-16)35-42(40,41)10-9-27(29,30)31/h5,7,11-12,14-15,18,22-23,35,38H,6,8-10,13H2,1-4H3,(H,32,33,34). The van der Waals surface area contributed by atoms with Gasteiger partial charge >= 0.3 is 6.18 Å². The van der Waals surface area contributed by atoms with E-state index in [0.717, 1.165) is 18.6 Å². The van der Waals surface area contributed by atoms with Crippen LogP contribution in [-0.4, -0.2) is 77.2 Å². The number of hydrogen-bond acceptors (Lipinski definition) is 8. The molecule has 42 heavy (non-hydrogen) atoms. The number of anilines is 2. The molecular formula is C27H34F4N6O4S. The lowest BCUT2D eigenvalue weighted by molar-refractivity contribution is -0.129. The number of fused-ring (bicyclic) bond motifs is 1. The van der Waals surface area contributed by atoms with Crippen molar-refractivity contribution in [1.82, 2.24) is 19.4 Å². The summed E-state index contributed by atoms with van der Waals surface area (Å²) in [6.45, 7) is 3.59. The van der Waals surface area contributed by atoms with Crippen LogP contribution in [0.25, 0.3) is 22.2 Å². The molecule has 1 saturated carbocycles. The zero-order chi connectivity index (χ0) is 31.0. The summed E-state index contributed by atoms with van der Waals surface area (Å²) < 4.78 is 79.6. The van der Waals surface area contributed by atoms with E-state index in [4.69, 9.17) is 0 Å². The van der Waals surface area contributed by atoms with Gasteiger partial charge in [-0.25, -0.2) is 17.8 Å². The summed E-state index contributed by atoms with van der Waals surface area (Å²) in [5, 5.41) is 14.1. The lowest BCUT2D eigenvalue weighted by Gasteiger charge is -2.37. The van der Waals surface area contributed by atoms with Crippen molar-refractivity contribution in [3.63, 3.8) is 0 Å². The predicted molar refractivity (Wildman–Crippen MR) is 152 cm³/mol. The SMILES string of the molecule is CC(C)n1c(=O)c(-c2ccc(NS(=O)(=O)CCC(F)(F)F)c(F)c2)cc2cnc(NC3CCC(O)C(N(C)C)C3)nc21. The number of aromatic nitrogens is 3. The summed E-state index contributed by atoms with van der Waals surface area (Å²) in [5.41, 5.74) is -0.373. The van der Waals surface area contributed by atoms with Crippen molar-refractivity contribution in [2.75, 3.05) is 29.9 Å². The molecule has 1 aromatic carbocycles. The van der Waals surface area contributed by atoms with Crippen molar-refractivity contribution in [2.24, 2.45) is 0 Å². The van der Waals surface area contributed by atoms with E-state index < -0.39 is 51.5 Å². The number of benzene rings is 1. The molecule has 0 saturated heterocycles. The molecule has 1 fully saturated rings. The number of halogens is 4. The molecule has 0 aliphatic heterocycles. The smallest absolute Gasteiger partial charge is 0.390 e. The van der Waals surface area contributed by atoms with Gasteiger partial charge in [-0.1, -0.05) is 6.07 Å². The second-order valence-electron chi connectivity index (χ2n) is 11.0. The van der Waals surface area contributed by atoms with E-state index in [-0.39, 0.29) is 29.3 Å². The minimum atomic E-state index is -4.68. The largest absolute Gasteiger partial charge is 0.391 e. The maximum Gasteiger partial charge on any atom is 0.390 e. The topological polar surface area (TPSA) is 129 Å². The Hall–Kier alpha value is -3.30. The highest BCUT2D eigenvalue weighted by Crippen LogP contribution is 2.28. The van der Waals surface area contributed by atoms with Crippen molar-refractivity contribution in [2.45, 2.75) is 69.9 Å². The van der Waals surface area contributed by atoms with Gasteiger partial charge in [-0.05, 0) is 71.0 Å². The number of sulfonamides is 1. The van der Waals surface area contributed by atoms with E-state index in [0.29, 0.717) is 29.8 Å². The van der Waals surface area contributed by atoms with E-state index >= 15 is 0 Å². The molecule has 3 atom stereocenters. The van der Waals surface area contributed by atoms with E-state index in [1.54, 1.807) is 20.0 Å². The highest BCUT2D eigenvalue weighted by molar-refractivity contribution is 7.92. The highest BCUT2D eigenvalue weighted by atomic mass is 32.2. The quantitative estimate of drug-likeness (QED) is 0.307. The maximum absolute atomic E-state index is 14.9. The summed E-state index contributed by atoms with van der Waals surface area (Å²) in [5.74, 6) is -1.98. The lowest BCUT2D eigenvalue weighted by Crippen LogP contribution is -2.47. The third-order valence-electron chi connectivity index (χ3n) is 7.27. The van der Waals surface area contributed by atoms with E-state index in [9.17, 15) is 35.9 Å². The van der Waals surface area contributed by atoms with Crippen LogP contribution in [0.15, 0.2) is 35.3 Å². The second kappa shape index (κ2) is 12.1. The van der Waals surface area contributed by atoms with Gasteiger partial charge in [0.1, 0.15) is 11.5 Å². The van der Waals surface area contributed by atoms with Crippen LogP contribution in [0.4, 0.5) is 29.2 Å². The average Bonchev–Trinajstić information content (AvgIpc) is 2.88. The molecule has 1 aliphatic carbocycles. The maximum atomic E-state index is 14.9. The van der Waals surface area contributed by atoms with Gasteiger partial charge in [0, 0.05) is 35.3 Å². The van der Waals surface area contributed by atoms with Crippen LogP contribution < -0.4 is 15.6 Å². The molecule has 0 amide bonds. The number of hydrogen-bond donors (Lipinski definition) is 3. The molecular weight excluding hydrogens is 580 g/mol. The Labute approximate surface area is 240 Å². The third-order valence-corrected chi connectivity index (χ3v) is 8.54. The number of alkyl halides is 3. The lowest BCUT2D eigenvalue weighted by atomic mass is 9.88. The number of aliphatic hydroxyl groups excluding tert-OH is 1. The van der Waals surface area contributed by atoms with Crippen molar-refractivity contribution < 1.29 is 31.1 Å². The molecule has 3 aromatic rings. The van der Waals surface area contributed by atoms with Gasteiger partial charge in [0.15, 0.2) is 0 Å². The van der Waals surface area contributed by atoms with E-state index in [2.05, 4.69) is 15.3 Å². The van der Waals surface area contributed by atoms with Crippen LogP contribution in [0, 0.1) is 5.82 Å². The van der Waals surface area contributed by atoms with E-state index in [1.165, 1.54) is 16.7 Å². The van der Waals surface area contributed by atoms with Gasteiger partial charge in [-0.2, -0.15) is 18.2 Å². The molecule has 230 valence electrons. The Morgan fingerprint density at radius 1 is 1.19 bits per heavy atom. The molecule has 10 nitrogen and oxygen atoms in total. The van der Waals surface area contributed by atoms with Gasteiger partial charge < -0.3 is 15.3 Å². The van der Waals surface area contributed by atoms with Crippen LogP contribution in [0.2, 0.25) is 0 Å². The van der Waals surface area contributed by atoms with Gasteiger partial charge in [0.2, 0.25) is 16.0 Å². The first kappa shape index (κ1) is 31.6. The predicted octanol–water partition coefficient (Wildman–Crippen LogP) is 4.13. The molecule has 1 aliphatic rings. The van der Waals surface area contributed by atoms with Crippen molar-refractivity contribution in [3.8, 4) is 11.1 Å². The van der Waals surface area contributed by atoms with Gasteiger partial charge in [0.25, 0.3) is 5.56 Å². The molecule has 4 rings (SSSR count). The first-order valence-electron chi connectivity index (χ1n) is 13.4. The fourth-order valence-electron chi connectivity index (χ4n) is 5.11. The Balaban J connectivity index is 1.64. The summed E-state index contributed by atoms with van der Waals surface area (Å²) in [6.07, 6.45) is -3.10. The fourth-order valence-corrected chi connectivity index (χ4v) is 6.21. The molecule has 2 heterocycles. The van der Waals surface area contributed by atoms with Crippen molar-refractivity contribution >= 4 is 32.7 Å². The summed E-state index contributed by atoms with van der Waals surface area (Å²) in [7, 11) is -0.631. The summed E-state index contributed by atoms with van der Waals surface area (Å²) in [4.78, 5) is 24.6. The molecule has 3 N–H and O–H groups in total. The Kier molecular flexibility index (Phi) is 9.14. The van der Waals surface area contributed by atoms with Gasteiger partial charge in [-0.15, -0.1) is 0 Å². The van der Waals surface area contributed by atoms with Crippen LogP contribution in [0.5, 0.6) is 0 Å². The van der Waals surface area contributed by atoms with Crippen LogP contribution in [-0.2, 0) is 10.0 Å². The summed E-state index contributed by atoms with van der Waals surface area (Å²) >= 11 is 0. The minimum absolute atomic E-state index is 0.0177. The van der Waals surface area contributed by atoms with E-state index in [1.807, 2.05) is 23.7 Å². The normalized spacial score (nSPS) is 19.9. The zero-order valence-electron chi connectivity index (χ0n) is 23.6. The molecule has 15 heteroatoms. The zero-order valence-corrected chi connectivity index (χ0v) is 24.4. The van der Waals surface area contributed by atoms with Gasteiger partial charge in [-0.3, -0.25) is 14.1 Å². The first-order valence-corrected chi connectivity index (χ1v) is 15.1. The molecule has 0 radical (unpaired) electrons. The van der Waals surface area contributed by atoms with Crippen molar-refractivity contribution in [3.05, 3.63) is 46.6 Å². The average molecular weight is 615 g/mol. The first-order chi connectivity index (χ1) is 19.5. The number of rotatable bonds is 9. The number of pyridine rings is 1. The highest BCUT2D eigenvalue weighted by Gasteiger charge is 2.32. The number of nitrogens with zero attached hydrogens (tertiary/aromatic N) is 4. The Morgan fingerprint density at radius 3 is 2.52 bits per heavy atom. The Morgan fingerprint density at radius 2 is 1.90 bits per heavy atom. The van der Waals surface area contributed by atoms with Crippen LogP contribution >= 0.6 is 0 Å². The molecule has 0 spiro atoms. The van der Waals surface area contributed by atoms with Crippen LogP contribution in [0.1, 0.15) is 45.6 Å².